The van der Waals surface area contributed by atoms with E-state index in [9.17, 15) is 0 Å². The van der Waals surface area contributed by atoms with Crippen LogP contribution in [0.15, 0.2) is 42.6 Å². The van der Waals surface area contributed by atoms with Gasteiger partial charge in [-0.1, -0.05) is 30.3 Å². The summed E-state index contributed by atoms with van der Waals surface area (Å²) < 4.78 is 5.65. The average molecular weight is 326 g/mol. The molecule has 0 aliphatic carbocycles. The van der Waals surface area contributed by atoms with Gasteiger partial charge in [0.15, 0.2) is 0 Å². The summed E-state index contributed by atoms with van der Waals surface area (Å²) in [5.74, 6) is 1.61. The summed E-state index contributed by atoms with van der Waals surface area (Å²) in [4.78, 5) is 11.4. The molecule has 0 spiro atoms. The second kappa shape index (κ2) is 8.11. The second-order valence-corrected chi connectivity index (χ2v) is 6.47. The molecular weight excluding hydrogens is 300 g/mol. The fraction of sp³-hybridized carbons (Fsp3) is 0.474. The van der Waals surface area contributed by atoms with Crippen molar-refractivity contribution in [3.05, 3.63) is 48.2 Å². The molecule has 1 aliphatic heterocycles. The van der Waals surface area contributed by atoms with E-state index in [0.29, 0.717) is 12.1 Å². The Kier molecular flexibility index (Phi) is 5.64. The van der Waals surface area contributed by atoms with Gasteiger partial charge in [0, 0.05) is 31.9 Å². The zero-order valence-electron chi connectivity index (χ0n) is 14.5. The number of nitrogens with zero attached hydrogens (tertiary/aromatic N) is 3. The van der Waals surface area contributed by atoms with Crippen LogP contribution in [0.3, 0.4) is 0 Å². The summed E-state index contributed by atoms with van der Waals surface area (Å²) in [7, 11) is 0. The topological polar surface area (TPSA) is 50.3 Å². The smallest absolute Gasteiger partial charge is 0.227 e. The molecule has 5 nitrogen and oxygen atoms in total. The SMILES string of the molecule is CC(C)N(Cc1ccccc1)c1nccc(NCC2CCCO2)n1. The van der Waals surface area contributed by atoms with Crippen molar-refractivity contribution in [3.63, 3.8) is 0 Å². The summed E-state index contributed by atoms with van der Waals surface area (Å²) in [6.07, 6.45) is 4.39. The molecule has 0 amide bonds. The highest BCUT2D eigenvalue weighted by Gasteiger charge is 2.17. The first-order valence-corrected chi connectivity index (χ1v) is 8.71. The maximum atomic E-state index is 5.65. The Morgan fingerprint density at radius 3 is 2.79 bits per heavy atom. The van der Waals surface area contributed by atoms with Crippen molar-refractivity contribution >= 4 is 11.8 Å². The zero-order valence-corrected chi connectivity index (χ0v) is 14.5. The molecule has 1 aliphatic rings. The summed E-state index contributed by atoms with van der Waals surface area (Å²) in [5, 5.41) is 3.38. The quantitative estimate of drug-likeness (QED) is 0.844. The molecule has 0 saturated carbocycles. The highest BCUT2D eigenvalue weighted by molar-refractivity contribution is 5.42. The Labute approximate surface area is 144 Å². The Morgan fingerprint density at radius 1 is 1.25 bits per heavy atom. The lowest BCUT2D eigenvalue weighted by Gasteiger charge is -2.27. The molecular formula is C19H26N4O. The van der Waals surface area contributed by atoms with Crippen LogP contribution in [0.5, 0.6) is 0 Å². The van der Waals surface area contributed by atoms with Crippen molar-refractivity contribution in [1.29, 1.82) is 0 Å². The van der Waals surface area contributed by atoms with Gasteiger partial charge in [-0.05, 0) is 38.3 Å². The first-order valence-electron chi connectivity index (χ1n) is 8.71. The highest BCUT2D eigenvalue weighted by atomic mass is 16.5. The molecule has 0 bridgehead atoms. The van der Waals surface area contributed by atoms with Crippen molar-refractivity contribution < 1.29 is 4.74 Å². The third-order valence-electron chi connectivity index (χ3n) is 4.25. The van der Waals surface area contributed by atoms with Crippen LogP contribution < -0.4 is 10.2 Å². The van der Waals surface area contributed by atoms with Gasteiger partial charge in [-0.25, -0.2) is 4.98 Å². The van der Waals surface area contributed by atoms with Gasteiger partial charge >= 0.3 is 0 Å². The maximum Gasteiger partial charge on any atom is 0.227 e. The number of anilines is 2. The number of rotatable bonds is 7. The average Bonchev–Trinajstić information content (AvgIpc) is 3.12. The summed E-state index contributed by atoms with van der Waals surface area (Å²) >= 11 is 0. The number of benzene rings is 1. The number of aromatic nitrogens is 2. The van der Waals surface area contributed by atoms with Crippen molar-refractivity contribution in [2.75, 3.05) is 23.4 Å². The Balaban J connectivity index is 1.69. The Bertz CT molecular complexity index is 626. The largest absolute Gasteiger partial charge is 0.376 e. The van der Waals surface area contributed by atoms with Crippen LogP contribution in [0.25, 0.3) is 0 Å². The lowest BCUT2D eigenvalue weighted by Crippen LogP contribution is -2.32. The van der Waals surface area contributed by atoms with Crippen LogP contribution in [0.1, 0.15) is 32.3 Å². The van der Waals surface area contributed by atoms with Gasteiger partial charge in [0.25, 0.3) is 0 Å². The lowest BCUT2D eigenvalue weighted by atomic mass is 10.2. The molecule has 1 aromatic carbocycles. The van der Waals surface area contributed by atoms with Gasteiger partial charge in [0.2, 0.25) is 5.95 Å². The maximum absolute atomic E-state index is 5.65. The molecule has 3 rings (SSSR count). The normalized spacial score (nSPS) is 17.2. The monoisotopic (exact) mass is 326 g/mol. The Hall–Kier alpha value is -2.14. The molecule has 0 radical (unpaired) electrons. The van der Waals surface area contributed by atoms with E-state index in [1.165, 1.54) is 5.56 Å². The van der Waals surface area contributed by atoms with Gasteiger partial charge in [-0.15, -0.1) is 0 Å². The van der Waals surface area contributed by atoms with Gasteiger partial charge < -0.3 is 15.0 Å². The fourth-order valence-electron chi connectivity index (χ4n) is 2.87. The summed E-state index contributed by atoms with van der Waals surface area (Å²) in [6.45, 7) is 6.81. The van der Waals surface area contributed by atoms with Crippen LogP contribution >= 0.6 is 0 Å². The van der Waals surface area contributed by atoms with E-state index >= 15 is 0 Å². The number of hydrogen-bond donors (Lipinski definition) is 1. The van der Waals surface area contributed by atoms with E-state index in [0.717, 1.165) is 44.3 Å². The molecule has 2 aromatic rings. The van der Waals surface area contributed by atoms with Gasteiger partial charge in [0.1, 0.15) is 5.82 Å². The summed E-state index contributed by atoms with van der Waals surface area (Å²) in [5.41, 5.74) is 1.26. The first kappa shape index (κ1) is 16.7. The van der Waals surface area contributed by atoms with Gasteiger partial charge in [-0.3, -0.25) is 0 Å². The number of hydrogen-bond acceptors (Lipinski definition) is 5. The second-order valence-electron chi connectivity index (χ2n) is 6.47. The molecule has 1 atom stereocenters. The van der Waals surface area contributed by atoms with Crippen LogP contribution in [0.4, 0.5) is 11.8 Å². The molecule has 128 valence electrons. The molecule has 1 aromatic heterocycles. The van der Waals surface area contributed by atoms with Crippen LogP contribution in [-0.2, 0) is 11.3 Å². The standard InChI is InChI=1S/C19H26N4O/c1-15(2)23(14-16-7-4-3-5-8-16)19-20-11-10-18(22-19)21-13-17-9-6-12-24-17/h3-5,7-8,10-11,15,17H,6,9,12-14H2,1-2H3,(H,20,21,22). The third-order valence-corrected chi connectivity index (χ3v) is 4.25. The van der Waals surface area contributed by atoms with Crippen molar-refractivity contribution in [2.24, 2.45) is 0 Å². The minimum absolute atomic E-state index is 0.300. The number of nitrogens with one attached hydrogen (secondary N) is 1. The molecule has 5 heteroatoms. The van der Waals surface area contributed by atoms with Crippen molar-refractivity contribution in [2.45, 2.75) is 45.4 Å². The van der Waals surface area contributed by atoms with Crippen LogP contribution in [0, 0.1) is 0 Å². The van der Waals surface area contributed by atoms with E-state index in [1.54, 1.807) is 0 Å². The van der Waals surface area contributed by atoms with Crippen molar-refractivity contribution in [1.82, 2.24) is 9.97 Å². The molecule has 24 heavy (non-hydrogen) atoms. The molecule has 1 saturated heterocycles. The molecule has 1 fully saturated rings. The van der Waals surface area contributed by atoms with E-state index in [4.69, 9.17) is 9.72 Å². The minimum Gasteiger partial charge on any atom is -0.376 e. The lowest BCUT2D eigenvalue weighted by molar-refractivity contribution is 0.120. The van der Waals surface area contributed by atoms with Crippen molar-refractivity contribution in [3.8, 4) is 0 Å². The first-order chi connectivity index (χ1) is 11.7. The number of ether oxygens (including phenoxy) is 1. The van der Waals surface area contributed by atoms with E-state index < -0.39 is 0 Å². The van der Waals surface area contributed by atoms with Gasteiger partial charge in [-0.2, -0.15) is 4.98 Å². The molecule has 2 heterocycles. The molecule has 1 unspecified atom stereocenters. The predicted octanol–water partition coefficient (Wildman–Crippen LogP) is 3.48. The highest BCUT2D eigenvalue weighted by Crippen LogP contribution is 2.18. The van der Waals surface area contributed by atoms with E-state index in [2.05, 4.69) is 53.3 Å². The third kappa shape index (κ3) is 4.45. The zero-order chi connectivity index (χ0) is 16.8. The Morgan fingerprint density at radius 2 is 2.08 bits per heavy atom. The van der Waals surface area contributed by atoms with Crippen LogP contribution in [-0.4, -0.2) is 35.3 Å². The van der Waals surface area contributed by atoms with E-state index in [-0.39, 0.29) is 0 Å². The minimum atomic E-state index is 0.300. The predicted molar refractivity (Wildman–Crippen MR) is 97.3 cm³/mol. The van der Waals surface area contributed by atoms with Gasteiger partial charge in [0.05, 0.1) is 6.10 Å². The summed E-state index contributed by atoms with van der Waals surface area (Å²) in [6, 6.07) is 12.7. The molecule has 1 N–H and O–H groups in total. The van der Waals surface area contributed by atoms with E-state index in [1.807, 2.05) is 18.3 Å². The fourth-order valence-corrected chi connectivity index (χ4v) is 2.87. The van der Waals surface area contributed by atoms with Crippen LogP contribution in [0.2, 0.25) is 0 Å².